The molecule has 0 saturated heterocycles. The lowest BCUT2D eigenvalue weighted by molar-refractivity contribution is 0.0695. The second-order valence-electron chi connectivity index (χ2n) is 15.4. The predicted octanol–water partition coefficient (Wildman–Crippen LogP) is 14.7. The summed E-state index contributed by atoms with van der Waals surface area (Å²) in [6.07, 6.45) is 20.9. The van der Waals surface area contributed by atoms with E-state index in [1.54, 1.807) is 12.1 Å². The Bertz CT molecular complexity index is 2140. The zero-order valence-corrected chi connectivity index (χ0v) is 39.8. The van der Waals surface area contributed by atoms with Crippen LogP contribution in [-0.4, -0.2) is 47.1 Å². The average Bonchev–Trinajstić information content (AvgIpc) is 3.19. The lowest BCUT2D eigenvalue weighted by atomic mass is 9.84. The maximum atomic E-state index is 14.3. The Balaban J connectivity index is 1.58. The van der Waals surface area contributed by atoms with Gasteiger partial charge in [0.2, 0.25) is 0 Å². The van der Waals surface area contributed by atoms with Crippen LogP contribution in [0.25, 0.3) is 43.1 Å². The molecule has 0 atom stereocenters. The number of carbonyl (C=O) groups excluding carboxylic acids is 2. The molecule has 5 rings (SSSR count). The maximum absolute atomic E-state index is 14.3. The third kappa shape index (κ3) is 10.6. The second-order valence-corrected chi connectivity index (χ2v) is 18.8. The fourth-order valence-corrected chi connectivity index (χ4v) is 10.8. The third-order valence-corrected chi connectivity index (χ3v) is 13.7. The van der Waals surface area contributed by atoms with Crippen molar-refractivity contribution in [2.45, 2.75) is 129 Å². The van der Waals surface area contributed by atoms with Crippen LogP contribution in [0.3, 0.4) is 0 Å². The average molecular weight is 1050 g/mol. The van der Waals surface area contributed by atoms with Gasteiger partial charge < -0.3 is 20.8 Å². The molecule has 312 valence electrons. The van der Waals surface area contributed by atoms with Gasteiger partial charge in [-0.25, -0.2) is 9.59 Å². The topological polar surface area (TPSA) is 133 Å². The number of halogens is 4. The SMILES string of the molecule is CCCCCCCCCCCNC(=O)c1cc(Br)c2c3c(Br)cc(C(=O)O)c4c(C(=O)O)cc(Br)c(c5c(Br)cc(C(=O)NCCCCCCCCCCC)c1c25)c43. The van der Waals surface area contributed by atoms with E-state index in [4.69, 9.17) is 0 Å². The molecule has 12 heteroatoms. The largest absolute Gasteiger partial charge is 0.478 e. The molecule has 0 aromatic heterocycles. The number of benzene rings is 5. The van der Waals surface area contributed by atoms with Gasteiger partial charge in [-0.1, -0.05) is 180 Å². The highest BCUT2D eigenvalue weighted by molar-refractivity contribution is 9.11. The van der Waals surface area contributed by atoms with Crippen LogP contribution in [0, 0.1) is 0 Å². The molecular weight excluding hydrogens is 996 g/mol. The minimum Gasteiger partial charge on any atom is -0.478 e. The van der Waals surface area contributed by atoms with Gasteiger partial charge in [-0.15, -0.1) is 0 Å². The number of fused-ring (bicyclic) bond motifs is 2. The number of hydrogen-bond donors (Lipinski definition) is 4. The summed E-state index contributed by atoms with van der Waals surface area (Å²) in [4.78, 5) is 53.8. The molecule has 0 heterocycles. The molecule has 0 spiro atoms. The Morgan fingerprint density at radius 2 is 0.655 bits per heavy atom. The van der Waals surface area contributed by atoms with Gasteiger partial charge in [-0.2, -0.15) is 0 Å². The quantitative estimate of drug-likeness (QED) is 0.0276. The van der Waals surface area contributed by atoms with Crippen molar-refractivity contribution >= 4 is 131 Å². The molecule has 0 saturated carbocycles. The number of hydrogen-bond acceptors (Lipinski definition) is 4. The second kappa shape index (κ2) is 22.2. The van der Waals surface area contributed by atoms with E-state index in [0.29, 0.717) is 79.8 Å². The number of unbranched alkanes of at least 4 members (excludes halogenated alkanes) is 16. The Hall–Kier alpha value is -2.80. The van der Waals surface area contributed by atoms with E-state index >= 15 is 0 Å². The highest BCUT2D eigenvalue weighted by atomic mass is 79.9. The third-order valence-electron chi connectivity index (χ3n) is 11.2. The fraction of sp³-hybridized carbons (Fsp3) is 0.478. The first-order chi connectivity index (χ1) is 27.9. The normalized spacial score (nSPS) is 11.7. The van der Waals surface area contributed by atoms with E-state index in [2.05, 4.69) is 88.2 Å². The molecule has 58 heavy (non-hydrogen) atoms. The molecule has 0 radical (unpaired) electrons. The lowest BCUT2D eigenvalue weighted by Gasteiger charge is -2.23. The predicted molar refractivity (Wildman–Crippen MR) is 251 cm³/mol. The van der Waals surface area contributed by atoms with Gasteiger partial charge in [0.15, 0.2) is 0 Å². The Labute approximate surface area is 374 Å². The Morgan fingerprint density at radius 3 is 0.948 bits per heavy atom. The number of amides is 2. The van der Waals surface area contributed by atoms with Gasteiger partial charge in [0.05, 0.1) is 11.1 Å². The summed E-state index contributed by atoms with van der Waals surface area (Å²) in [5.41, 5.74) is 0.340. The van der Waals surface area contributed by atoms with Crippen LogP contribution < -0.4 is 10.6 Å². The van der Waals surface area contributed by atoms with E-state index in [0.717, 1.165) is 38.5 Å². The van der Waals surface area contributed by atoms with Crippen molar-refractivity contribution in [1.82, 2.24) is 10.6 Å². The summed E-state index contributed by atoms with van der Waals surface area (Å²) in [5, 5.41) is 30.8. The molecule has 0 bridgehead atoms. The highest BCUT2D eigenvalue weighted by Gasteiger charge is 2.30. The van der Waals surface area contributed by atoms with Crippen LogP contribution in [-0.2, 0) is 0 Å². The summed E-state index contributed by atoms with van der Waals surface area (Å²) >= 11 is 14.9. The number of carboxylic acid groups (broad SMARTS) is 2. The van der Waals surface area contributed by atoms with E-state index in [1.807, 2.05) is 0 Å². The van der Waals surface area contributed by atoms with Crippen molar-refractivity contribution in [2.75, 3.05) is 13.1 Å². The number of carboxylic acids is 2. The van der Waals surface area contributed by atoms with Crippen LogP contribution in [0.1, 0.15) is 171 Å². The Morgan fingerprint density at radius 1 is 0.397 bits per heavy atom. The first-order valence-electron chi connectivity index (χ1n) is 21.0. The molecular formula is C46H54Br4N2O6. The number of aromatic carboxylic acids is 2. The first kappa shape index (κ1) is 46.3. The molecule has 4 N–H and O–H groups in total. The molecule has 0 aliphatic heterocycles. The molecule has 5 aromatic carbocycles. The summed E-state index contributed by atoms with van der Waals surface area (Å²) in [6, 6.07) is 6.30. The Kier molecular flexibility index (Phi) is 17.7. The molecule has 2 amide bonds. The standard InChI is InChI=1S/C46H54Br4N2O6/c1-3-5-7-9-11-13-15-17-19-21-51-43(53)27-23-31(47)37-39-33(49)25-29(45(55)56)36-30(46(57)58)26-34(50)40(42(36)39)38-32(48)24-28(35(27)41(37)38)44(54)52-22-20-18-16-14-12-10-8-6-4-2/h23-26H,3-22H2,1-2H3,(H,51,53)(H,52,54)(H,55,56)(H,57,58). The van der Waals surface area contributed by atoms with E-state index in [1.165, 1.54) is 89.2 Å². The van der Waals surface area contributed by atoms with Gasteiger partial charge in [0.1, 0.15) is 0 Å². The summed E-state index contributed by atoms with van der Waals surface area (Å²) in [5.74, 6) is -3.14. The van der Waals surface area contributed by atoms with Crippen molar-refractivity contribution in [3.05, 3.63) is 64.4 Å². The summed E-state index contributed by atoms with van der Waals surface area (Å²) < 4.78 is 1.95. The molecule has 5 aromatic rings. The van der Waals surface area contributed by atoms with Crippen molar-refractivity contribution in [1.29, 1.82) is 0 Å². The minimum atomic E-state index is -1.27. The van der Waals surface area contributed by atoms with Crippen molar-refractivity contribution in [3.8, 4) is 0 Å². The lowest BCUT2D eigenvalue weighted by Crippen LogP contribution is -2.27. The van der Waals surface area contributed by atoms with Crippen LogP contribution in [0.5, 0.6) is 0 Å². The van der Waals surface area contributed by atoms with Gasteiger partial charge in [0.25, 0.3) is 11.8 Å². The van der Waals surface area contributed by atoms with Crippen molar-refractivity contribution < 1.29 is 29.4 Å². The zero-order chi connectivity index (χ0) is 41.9. The molecule has 0 fully saturated rings. The van der Waals surface area contributed by atoms with Gasteiger partial charge >= 0.3 is 11.9 Å². The number of rotatable bonds is 24. The summed E-state index contributed by atoms with van der Waals surface area (Å²) in [6.45, 7) is 5.43. The molecule has 0 unspecified atom stereocenters. The van der Waals surface area contributed by atoms with Gasteiger partial charge in [0, 0.05) is 85.2 Å². The smallest absolute Gasteiger partial charge is 0.336 e. The number of carbonyl (C=O) groups is 4. The van der Waals surface area contributed by atoms with Crippen LogP contribution in [0.4, 0.5) is 0 Å². The summed E-state index contributed by atoms with van der Waals surface area (Å²) in [7, 11) is 0. The van der Waals surface area contributed by atoms with Crippen molar-refractivity contribution in [3.63, 3.8) is 0 Å². The minimum absolute atomic E-state index is 0.0829. The number of nitrogens with one attached hydrogen (secondary N) is 2. The van der Waals surface area contributed by atoms with E-state index in [-0.39, 0.29) is 28.3 Å². The van der Waals surface area contributed by atoms with E-state index in [9.17, 15) is 29.4 Å². The first-order valence-corrected chi connectivity index (χ1v) is 24.1. The van der Waals surface area contributed by atoms with E-state index < -0.39 is 11.9 Å². The van der Waals surface area contributed by atoms with Crippen LogP contribution in [0.15, 0.2) is 42.2 Å². The van der Waals surface area contributed by atoms with Gasteiger partial charge in [-0.3, -0.25) is 9.59 Å². The van der Waals surface area contributed by atoms with Crippen molar-refractivity contribution in [2.24, 2.45) is 0 Å². The zero-order valence-electron chi connectivity index (χ0n) is 33.5. The highest BCUT2D eigenvalue weighted by Crippen LogP contribution is 2.52. The van der Waals surface area contributed by atoms with Gasteiger partial charge in [-0.05, 0) is 37.1 Å². The molecule has 8 nitrogen and oxygen atoms in total. The van der Waals surface area contributed by atoms with Crippen LogP contribution >= 0.6 is 63.7 Å². The monoisotopic (exact) mass is 1050 g/mol. The maximum Gasteiger partial charge on any atom is 0.336 e. The molecule has 0 aliphatic rings. The van der Waals surface area contributed by atoms with Crippen LogP contribution in [0.2, 0.25) is 0 Å². The molecule has 0 aliphatic carbocycles. The fourth-order valence-electron chi connectivity index (χ4n) is 8.28.